The fraction of sp³-hybridized carbons (Fsp3) is 0.0909. The Hall–Kier alpha value is -1.90. The highest BCUT2D eigenvalue weighted by Crippen LogP contribution is 2.36. The minimum Gasteiger partial charge on any atom is -0.485 e. The van der Waals surface area contributed by atoms with Crippen LogP contribution in [-0.4, -0.2) is 0 Å². The van der Waals surface area contributed by atoms with Gasteiger partial charge in [-0.25, -0.2) is 0 Å². The summed E-state index contributed by atoms with van der Waals surface area (Å²) in [6.45, 7) is 0. The van der Waals surface area contributed by atoms with Gasteiger partial charge in [-0.3, -0.25) is 0 Å². The molecule has 0 fully saturated rings. The van der Waals surface area contributed by atoms with Crippen LogP contribution in [0.1, 0.15) is 11.7 Å². The van der Waals surface area contributed by atoms with Crippen LogP contribution in [0.25, 0.3) is 0 Å². The monoisotopic (exact) mass is 187 g/mol. The van der Waals surface area contributed by atoms with Crippen LogP contribution in [0.4, 0.5) is 0 Å². The summed E-state index contributed by atoms with van der Waals surface area (Å²) < 4.78 is 11.0. The number of rotatable bonds is 0. The smallest absolute Gasteiger partial charge is 0.169 e. The van der Waals surface area contributed by atoms with Crippen molar-refractivity contribution in [1.82, 2.24) is 5.32 Å². The lowest BCUT2D eigenvalue weighted by molar-refractivity contribution is 0.148. The van der Waals surface area contributed by atoms with E-state index in [4.69, 9.17) is 9.47 Å². The van der Waals surface area contributed by atoms with Gasteiger partial charge in [-0.2, -0.15) is 0 Å². The molecule has 0 aromatic heterocycles. The molecule has 1 aromatic carbocycles. The summed E-state index contributed by atoms with van der Waals surface area (Å²) in [6.07, 6.45) is 5.05. The third-order valence-electron chi connectivity index (χ3n) is 2.33. The van der Waals surface area contributed by atoms with Crippen LogP contribution < -0.4 is 10.1 Å². The van der Waals surface area contributed by atoms with Gasteiger partial charge in [0.05, 0.1) is 5.70 Å². The van der Waals surface area contributed by atoms with E-state index in [0.717, 1.165) is 17.0 Å². The number of nitrogens with one attached hydrogen (secondary N) is 1. The molecule has 3 nitrogen and oxygen atoms in total. The van der Waals surface area contributed by atoms with E-state index >= 15 is 0 Å². The highest BCUT2D eigenvalue weighted by molar-refractivity contribution is 5.42. The molecule has 0 saturated carbocycles. The summed E-state index contributed by atoms with van der Waals surface area (Å²) in [6, 6.07) is 7.87. The highest BCUT2D eigenvalue weighted by atomic mass is 16.5. The maximum absolute atomic E-state index is 5.52. The Labute approximate surface area is 81.6 Å². The molecule has 2 aliphatic heterocycles. The van der Waals surface area contributed by atoms with Crippen molar-refractivity contribution in [3.63, 3.8) is 0 Å². The summed E-state index contributed by atoms with van der Waals surface area (Å²) in [5, 5.41) is 3.09. The van der Waals surface area contributed by atoms with Crippen molar-refractivity contribution >= 4 is 0 Å². The van der Waals surface area contributed by atoms with Crippen molar-refractivity contribution in [3.8, 4) is 5.75 Å². The van der Waals surface area contributed by atoms with Crippen LogP contribution in [0, 0.1) is 0 Å². The molecule has 70 valence electrons. The molecule has 14 heavy (non-hydrogen) atoms. The Bertz CT molecular complexity index is 423. The van der Waals surface area contributed by atoms with Gasteiger partial charge in [0.2, 0.25) is 0 Å². The highest BCUT2D eigenvalue weighted by Gasteiger charge is 2.26. The van der Waals surface area contributed by atoms with E-state index in [1.807, 2.05) is 24.3 Å². The second-order valence-corrected chi connectivity index (χ2v) is 3.19. The van der Waals surface area contributed by atoms with Gasteiger partial charge in [-0.15, -0.1) is 0 Å². The van der Waals surface area contributed by atoms with Gasteiger partial charge in [-0.1, -0.05) is 18.2 Å². The first-order chi connectivity index (χ1) is 6.95. The maximum Gasteiger partial charge on any atom is 0.169 e. The SMILES string of the molecule is C1=COC2C(=COc3ccccc32)N1. The van der Waals surface area contributed by atoms with Crippen LogP contribution in [0.15, 0.2) is 48.7 Å². The van der Waals surface area contributed by atoms with E-state index in [1.54, 1.807) is 18.7 Å². The molecule has 1 atom stereocenters. The molecule has 2 heterocycles. The lowest BCUT2D eigenvalue weighted by Crippen LogP contribution is -2.23. The van der Waals surface area contributed by atoms with Crippen LogP contribution in [0.5, 0.6) is 5.75 Å². The third kappa shape index (κ3) is 0.988. The Balaban J connectivity index is 2.10. The summed E-state index contributed by atoms with van der Waals surface area (Å²) in [4.78, 5) is 0. The zero-order valence-corrected chi connectivity index (χ0v) is 7.44. The normalized spacial score (nSPS) is 22.0. The molecule has 0 spiro atoms. The van der Waals surface area contributed by atoms with Gasteiger partial charge in [0.15, 0.2) is 6.10 Å². The average molecular weight is 187 g/mol. The molecule has 3 heteroatoms. The molecule has 0 amide bonds. The maximum atomic E-state index is 5.52. The van der Waals surface area contributed by atoms with Gasteiger partial charge >= 0.3 is 0 Å². The fourth-order valence-corrected chi connectivity index (χ4v) is 1.67. The summed E-state index contributed by atoms with van der Waals surface area (Å²) in [5.41, 5.74) is 1.99. The van der Waals surface area contributed by atoms with Crippen LogP contribution in [-0.2, 0) is 4.74 Å². The van der Waals surface area contributed by atoms with Crippen molar-refractivity contribution in [2.75, 3.05) is 0 Å². The van der Waals surface area contributed by atoms with Crippen molar-refractivity contribution in [1.29, 1.82) is 0 Å². The minimum atomic E-state index is -0.0510. The summed E-state index contributed by atoms with van der Waals surface area (Å²) in [7, 11) is 0. The molecule has 0 radical (unpaired) electrons. The topological polar surface area (TPSA) is 30.5 Å². The standard InChI is InChI=1S/C11H9NO2/c1-2-4-10-8(3-1)11-9(7-14-10)12-5-6-13-11/h1-7,11-12H. The molecule has 1 unspecified atom stereocenters. The van der Waals surface area contributed by atoms with E-state index in [0.29, 0.717) is 0 Å². The van der Waals surface area contributed by atoms with E-state index in [-0.39, 0.29) is 6.10 Å². The van der Waals surface area contributed by atoms with Crippen LogP contribution >= 0.6 is 0 Å². The Morgan fingerprint density at radius 3 is 3.14 bits per heavy atom. The summed E-state index contributed by atoms with van der Waals surface area (Å²) in [5.74, 6) is 0.860. The van der Waals surface area contributed by atoms with E-state index in [9.17, 15) is 0 Å². The van der Waals surface area contributed by atoms with E-state index in [2.05, 4.69) is 5.32 Å². The van der Waals surface area contributed by atoms with Gasteiger partial charge in [-0.05, 0) is 6.07 Å². The number of ether oxygens (including phenoxy) is 2. The van der Waals surface area contributed by atoms with E-state index in [1.165, 1.54) is 0 Å². The third-order valence-corrected chi connectivity index (χ3v) is 2.33. The Morgan fingerprint density at radius 1 is 1.21 bits per heavy atom. The van der Waals surface area contributed by atoms with Crippen LogP contribution in [0.3, 0.4) is 0 Å². The van der Waals surface area contributed by atoms with Gasteiger partial charge in [0.1, 0.15) is 18.3 Å². The summed E-state index contributed by atoms with van der Waals surface area (Å²) >= 11 is 0. The van der Waals surface area contributed by atoms with Crippen molar-refractivity contribution < 1.29 is 9.47 Å². The second kappa shape index (κ2) is 2.80. The number of benzene rings is 1. The van der Waals surface area contributed by atoms with Crippen molar-refractivity contribution in [3.05, 3.63) is 54.3 Å². The molecule has 2 aliphatic rings. The molecule has 0 aliphatic carbocycles. The molecular formula is C11H9NO2. The predicted molar refractivity (Wildman–Crippen MR) is 51.3 cm³/mol. The second-order valence-electron chi connectivity index (χ2n) is 3.19. The number of hydrogen-bond acceptors (Lipinski definition) is 3. The first-order valence-electron chi connectivity index (χ1n) is 4.48. The molecule has 0 saturated heterocycles. The molecule has 3 rings (SSSR count). The molecule has 0 bridgehead atoms. The Kier molecular flexibility index (Phi) is 1.50. The predicted octanol–water partition coefficient (Wildman–Crippen LogP) is 2.05. The molecular weight excluding hydrogens is 178 g/mol. The molecule has 1 N–H and O–H groups in total. The van der Waals surface area contributed by atoms with Crippen LogP contribution in [0.2, 0.25) is 0 Å². The van der Waals surface area contributed by atoms with E-state index < -0.39 is 0 Å². The van der Waals surface area contributed by atoms with Gasteiger partial charge in [0, 0.05) is 11.8 Å². The van der Waals surface area contributed by atoms with Crippen molar-refractivity contribution in [2.45, 2.75) is 6.10 Å². The average Bonchev–Trinajstić information content (AvgIpc) is 2.29. The fourth-order valence-electron chi connectivity index (χ4n) is 1.67. The number of fused-ring (bicyclic) bond motifs is 3. The molecule has 1 aromatic rings. The first kappa shape index (κ1) is 7.50. The lowest BCUT2D eigenvalue weighted by atomic mass is 10.0. The zero-order valence-electron chi connectivity index (χ0n) is 7.44. The first-order valence-corrected chi connectivity index (χ1v) is 4.48. The van der Waals surface area contributed by atoms with Crippen molar-refractivity contribution in [2.24, 2.45) is 0 Å². The lowest BCUT2D eigenvalue weighted by Gasteiger charge is -2.28. The number of para-hydroxylation sites is 1. The van der Waals surface area contributed by atoms with Gasteiger partial charge in [0.25, 0.3) is 0 Å². The Morgan fingerprint density at radius 2 is 2.14 bits per heavy atom. The minimum absolute atomic E-state index is 0.0510. The largest absolute Gasteiger partial charge is 0.485 e. The quantitative estimate of drug-likeness (QED) is 0.674. The number of hydrogen-bond donors (Lipinski definition) is 1. The zero-order chi connectivity index (χ0) is 9.38. The van der Waals surface area contributed by atoms with Gasteiger partial charge < -0.3 is 14.8 Å².